The molecule has 0 amide bonds. The predicted octanol–water partition coefficient (Wildman–Crippen LogP) is 3.09. The van der Waals surface area contributed by atoms with Crippen LogP contribution in [0.2, 0.25) is 0 Å². The van der Waals surface area contributed by atoms with E-state index in [1.54, 1.807) is 0 Å². The highest BCUT2D eigenvalue weighted by Crippen LogP contribution is 2.18. The van der Waals surface area contributed by atoms with Crippen molar-refractivity contribution >= 4 is 29.9 Å². The van der Waals surface area contributed by atoms with Gasteiger partial charge in [-0.05, 0) is 37.0 Å². The van der Waals surface area contributed by atoms with Crippen molar-refractivity contribution in [3.63, 3.8) is 0 Å². The lowest BCUT2D eigenvalue weighted by molar-refractivity contribution is 0.108. The maximum Gasteiger partial charge on any atom is 0.191 e. The first-order valence-corrected chi connectivity index (χ1v) is 10.2. The number of fused-ring (bicyclic) bond motifs is 1. The molecule has 5 nitrogen and oxygen atoms in total. The smallest absolute Gasteiger partial charge is 0.191 e. The number of benzene rings is 2. The number of aliphatic hydroxyl groups excluding tert-OH is 1. The zero-order valence-electron chi connectivity index (χ0n) is 17.4. The zero-order valence-corrected chi connectivity index (χ0v) is 19.7. The molecule has 1 unspecified atom stereocenters. The number of nitrogens with zero attached hydrogens (tertiary/aromatic N) is 2. The number of nitrogens with one attached hydrogen (secondary N) is 2. The normalized spacial score (nSPS) is 15.2. The van der Waals surface area contributed by atoms with Gasteiger partial charge in [0.1, 0.15) is 0 Å². The quantitative estimate of drug-likeness (QED) is 0.306. The molecule has 2 aromatic carbocycles. The Balaban J connectivity index is 0.00000300. The van der Waals surface area contributed by atoms with Crippen molar-refractivity contribution in [2.24, 2.45) is 4.99 Å². The Kier molecular flexibility index (Phi) is 9.90. The van der Waals surface area contributed by atoms with Crippen LogP contribution in [0.4, 0.5) is 0 Å². The zero-order chi connectivity index (χ0) is 19.8. The third-order valence-corrected chi connectivity index (χ3v) is 5.07. The number of halogens is 1. The Labute approximate surface area is 191 Å². The second-order valence-electron chi connectivity index (χ2n) is 7.47. The van der Waals surface area contributed by atoms with E-state index in [0.717, 1.165) is 32.0 Å². The van der Waals surface area contributed by atoms with Crippen LogP contribution in [0.3, 0.4) is 0 Å². The number of β-amino-alcohol motifs (C(OH)–C–C–N with tert-alkyl or cyclic N) is 1. The second-order valence-corrected chi connectivity index (χ2v) is 7.47. The number of rotatable bonds is 7. The monoisotopic (exact) mass is 508 g/mol. The van der Waals surface area contributed by atoms with Crippen molar-refractivity contribution in [2.45, 2.75) is 39.5 Å². The number of hydrogen-bond acceptors (Lipinski definition) is 3. The second kappa shape index (κ2) is 12.1. The molecule has 3 N–H and O–H groups in total. The molecule has 0 spiro atoms. The van der Waals surface area contributed by atoms with Crippen LogP contribution in [0.15, 0.2) is 53.5 Å². The van der Waals surface area contributed by atoms with Gasteiger partial charge in [0.15, 0.2) is 5.96 Å². The van der Waals surface area contributed by atoms with Gasteiger partial charge < -0.3 is 15.7 Å². The lowest BCUT2D eigenvalue weighted by atomic mass is 10.00. The summed E-state index contributed by atoms with van der Waals surface area (Å²) in [7, 11) is 0. The van der Waals surface area contributed by atoms with Gasteiger partial charge in [-0.25, -0.2) is 4.99 Å². The van der Waals surface area contributed by atoms with Crippen LogP contribution in [-0.2, 0) is 19.5 Å². The van der Waals surface area contributed by atoms with Crippen molar-refractivity contribution in [1.82, 2.24) is 15.5 Å². The maximum absolute atomic E-state index is 10.5. The van der Waals surface area contributed by atoms with Crippen LogP contribution in [-0.4, -0.2) is 48.2 Å². The van der Waals surface area contributed by atoms with Crippen LogP contribution in [0.1, 0.15) is 29.2 Å². The molecule has 1 aliphatic heterocycles. The molecule has 0 radical (unpaired) electrons. The van der Waals surface area contributed by atoms with E-state index in [2.05, 4.69) is 76.0 Å². The van der Waals surface area contributed by atoms with Gasteiger partial charge in [0.2, 0.25) is 0 Å². The van der Waals surface area contributed by atoms with Crippen LogP contribution >= 0.6 is 24.0 Å². The fraction of sp³-hybridized carbons (Fsp3) is 0.435. The van der Waals surface area contributed by atoms with Gasteiger partial charge in [-0.2, -0.15) is 0 Å². The Morgan fingerprint density at radius 3 is 2.55 bits per heavy atom. The van der Waals surface area contributed by atoms with Crippen LogP contribution in [0.5, 0.6) is 0 Å². The molecular formula is C23H33IN4O. The van der Waals surface area contributed by atoms with E-state index < -0.39 is 6.10 Å². The summed E-state index contributed by atoms with van der Waals surface area (Å²) in [6, 6.07) is 17.0. The average Bonchev–Trinajstić information content (AvgIpc) is 2.71. The number of aliphatic imine (C=N–C) groups is 1. The van der Waals surface area contributed by atoms with Gasteiger partial charge in [0.05, 0.1) is 12.6 Å². The number of aryl methyl sites for hydroxylation is 1. The fourth-order valence-corrected chi connectivity index (χ4v) is 3.49. The topological polar surface area (TPSA) is 59.9 Å². The van der Waals surface area contributed by atoms with Gasteiger partial charge >= 0.3 is 0 Å². The van der Waals surface area contributed by atoms with Gasteiger partial charge in [-0.3, -0.25) is 4.90 Å². The van der Waals surface area contributed by atoms with Crippen LogP contribution in [0, 0.1) is 6.92 Å². The number of guanidine groups is 1. The molecule has 0 bridgehead atoms. The highest BCUT2D eigenvalue weighted by molar-refractivity contribution is 14.0. The molecule has 1 atom stereocenters. The largest absolute Gasteiger partial charge is 0.390 e. The lowest BCUT2D eigenvalue weighted by Crippen LogP contribution is -2.45. The van der Waals surface area contributed by atoms with E-state index in [1.165, 1.54) is 22.3 Å². The Morgan fingerprint density at radius 1 is 1.10 bits per heavy atom. The summed E-state index contributed by atoms with van der Waals surface area (Å²) in [5, 5.41) is 17.0. The molecule has 1 heterocycles. The predicted molar refractivity (Wildman–Crippen MR) is 131 cm³/mol. The van der Waals surface area contributed by atoms with Gasteiger partial charge in [0.25, 0.3) is 0 Å². The van der Waals surface area contributed by atoms with E-state index in [1.807, 2.05) is 6.92 Å². The Bertz CT molecular complexity index is 779. The Hall–Kier alpha value is -1.64. The van der Waals surface area contributed by atoms with Crippen LogP contribution < -0.4 is 10.6 Å². The summed E-state index contributed by atoms with van der Waals surface area (Å²) in [6.07, 6.45) is 0.616. The molecule has 2 aromatic rings. The summed E-state index contributed by atoms with van der Waals surface area (Å²) in [6.45, 7) is 8.60. The summed E-state index contributed by atoms with van der Waals surface area (Å²) in [4.78, 5) is 6.96. The molecule has 0 fully saturated rings. The standard InChI is InChI=1S/C23H32N4O.HI/c1-3-24-23(25-14-19-10-8-18(2)9-11-19)26-15-22(28)17-27-13-12-20-6-4-5-7-21(20)16-27;/h4-11,22,28H,3,12-17H2,1-2H3,(H2,24,25,26);1H. The molecule has 0 aromatic heterocycles. The fourth-order valence-electron chi connectivity index (χ4n) is 3.49. The molecule has 3 rings (SSSR count). The molecule has 6 heteroatoms. The minimum absolute atomic E-state index is 0. The van der Waals surface area contributed by atoms with Crippen molar-refractivity contribution in [3.8, 4) is 0 Å². The lowest BCUT2D eigenvalue weighted by Gasteiger charge is -2.30. The highest BCUT2D eigenvalue weighted by Gasteiger charge is 2.18. The van der Waals surface area contributed by atoms with Crippen molar-refractivity contribution in [3.05, 3.63) is 70.8 Å². The third kappa shape index (κ3) is 7.60. The van der Waals surface area contributed by atoms with Crippen LogP contribution in [0.25, 0.3) is 0 Å². The molecule has 29 heavy (non-hydrogen) atoms. The molecule has 1 aliphatic rings. The van der Waals surface area contributed by atoms with E-state index >= 15 is 0 Å². The first-order valence-electron chi connectivity index (χ1n) is 10.2. The van der Waals surface area contributed by atoms with Gasteiger partial charge in [-0.15, -0.1) is 24.0 Å². The molecule has 0 saturated heterocycles. The first kappa shape index (κ1) is 23.6. The minimum atomic E-state index is -0.437. The average molecular weight is 508 g/mol. The summed E-state index contributed by atoms with van der Waals surface area (Å²) >= 11 is 0. The minimum Gasteiger partial charge on any atom is -0.390 e. The van der Waals surface area contributed by atoms with E-state index in [9.17, 15) is 5.11 Å². The summed E-state index contributed by atoms with van der Waals surface area (Å²) in [5.74, 6) is 0.742. The van der Waals surface area contributed by atoms with Gasteiger partial charge in [-0.1, -0.05) is 54.1 Å². The van der Waals surface area contributed by atoms with E-state index in [-0.39, 0.29) is 24.0 Å². The molecule has 0 saturated carbocycles. The molecule has 158 valence electrons. The Morgan fingerprint density at radius 2 is 1.83 bits per heavy atom. The van der Waals surface area contributed by atoms with Gasteiger partial charge in [0, 0.05) is 32.7 Å². The number of hydrogen-bond donors (Lipinski definition) is 3. The molecular weight excluding hydrogens is 475 g/mol. The third-order valence-electron chi connectivity index (χ3n) is 5.07. The summed E-state index contributed by atoms with van der Waals surface area (Å²) in [5.41, 5.74) is 5.24. The summed E-state index contributed by atoms with van der Waals surface area (Å²) < 4.78 is 0. The van der Waals surface area contributed by atoms with Crippen molar-refractivity contribution in [2.75, 3.05) is 26.2 Å². The van der Waals surface area contributed by atoms with E-state index in [4.69, 9.17) is 0 Å². The highest BCUT2D eigenvalue weighted by atomic mass is 127. The first-order chi connectivity index (χ1) is 13.6. The van der Waals surface area contributed by atoms with Crippen molar-refractivity contribution in [1.29, 1.82) is 0 Å². The van der Waals surface area contributed by atoms with E-state index in [0.29, 0.717) is 19.6 Å². The van der Waals surface area contributed by atoms with Crippen molar-refractivity contribution < 1.29 is 5.11 Å². The molecule has 0 aliphatic carbocycles. The maximum atomic E-state index is 10.5. The SMILES string of the molecule is CCNC(=NCc1ccc(C)cc1)NCC(O)CN1CCc2ccccc2C1.I. The number of aliphatic hydroxyl groups is 1.